The van der Waals surface area contributed by atoms with E-state index in [0.717, 1.165) is 13.0 Å². The molecule has 1 aromatic carbocycles. The second kappa shape index (κ2) is 6.20. The van der Waals surface area contributed by atoms with Gasteiger partial charge in [-0.3, -0.25) is 0 Å². The summed E-state index contributed by atoms with van der Waals surface area (Å²) in [5, 5.41) is 3.64. The summed E-state index contributed by atoms with van der Waals surface area (Å²) in [6, 6.07) is 10.8. The van der Waals surface area contributed by atoms with E-state index in [0.29, 0.717) is 5.41 Å². The SMILES string of the molecule is CC1(CNCCc2ccccc2)CCCCC1. The summed E-state index contributed by atoms with van der Waals surface area (Å²) in [5.74, 6) is 0. The molecule has 0 amide bonds. The fraction of sp³-hybridized carbons (Fsp3) is 0.625. The topological polar surface area (TPSA) is 12.0 Å². The molecule has 1 aliphatic rings. The number of benzene rings is 1. The molecule has 1 N–H and O–H groups in total. The van der Waals surface area contributed by atoms with Crippen LogP contribution in [0.25, 0.3) is 0 Å². The molecule has 17 heavy (non-hydrogen) atoms. The van der Waals surface area contributed by atoms with Gasteiger partial charge in [0, 0.05) is 6.54 Å². The molecule has 94 valence electrons. The number of hydrogen-bond donors (Lipinski definition) is 1. The van der Waals surface area contributed by atoms with E-state index in [9.17, 15) is 0 Å². The quantitative estimate of drug-likeness (QED) is 0.760. The predicted molar refractivity (Wildman–Crippen MR) is 74.2 cm³/mol. The summed E-state index contributed by atoms with van der Waals surface area (Å²) >= 11 is 0. The van der Waals surface area contributed by atoms with E-state index in [1.54, 1.807) is 0 Å². The monoisotopic (exact) mass is 231 g/mol. The zero-order chi connectivity index (χ0) is 12.0. The highest BCUT2D eigenvalue weighted by atomic mass is 14.9. The average Bonchev–Trinajstić information content (AvgIpc) is 2.37. The lowest BCUT2D eigenvalue weighted by atomic mass is 9.76. The molecule has 0 aliphatic heterocycles. The average molecular weight is 231 g/mol. The van der Waals surface area contributed by atoms with E-state index in [1.165, 1.54) is 44.2 Å². The standard InChI is InChI=1S/C16H25N/c1-16(11-6-3-7-12-16)14-17-13-10-15-8-4-2-5-9-15/h2,4-5,8-9,17H,3,6-7,10-14H2,1H3. The van der Waals surface area contributed by atoms with Crippen LogP contribution in [0.5, 0.6) is 0 Å². The van der Waals surface area contributed by atoms with Crippen LogP contribution in [0.1, 0.15) is 44.6 Å². The summed E-state index contributed by atoms with van der Waals surface area (Å²) in [7, 11) is 0. The van der Waals surface area contributed by atoms with Crippen molar-refractivity contribution in [2.75, 3.05) is 13.1 Å². The molecular formula is C16H25N. The molecule has 0 unspecified atom stereocenters. The van der Waals surface area contributed by atoms with Crippen molar-refractivity contribution in [3.63, 3.8) is 0 Å². The van der Waals surface area contributed by atoms with Gasteiger partial charge in [-0.2, -0.15) is 0 Å². The summed E-state index contributed by atoms with van der Waals surface area (Å²) in [4.78, 5) is 0. The van der Waals surface area contributed by atoms with Gasteiger partial charge in [0.05, 0.1) is 0 Å². The zero-order valence-corrected chi connectivity index (χ0v) is 11.0. The smallest absolute Gasteiger partial charge is 0.000529 e. The molecule has 0 radical (unpaired) electrons. The fourth-order valence-electron chi connectivity index (χ4n) is 2.85. The van der Waals surface area contributed by atoms with Gasteiger partial charge in [0.2, 0.25) is 0 Å². The maximum Gasteiger partial charge on any atom is 0.000529 e. The Balaban J connectivity index is 1.66. The molecule has 1 heteroatoms. The Bertz CT molecular complexity index is 312. The zero-order valence-electron chi connectivity index (χ0n) is 11.0. The Morgan fingerprint density at radius 3 is 2.47 bits per heavy atom. The van der Waals surface area contributed by atoms with Crippen molar-refractivity contribution in [2.45, 2.75) is 45.4 Å². The van der Waals surface area contributed by atoms with E-state index >= 15 is 0 Å². The van der Waals surface area contributed by atoms with E-state index in [4.69, 9.17) is 0 Å². The van der Waals surface area contributed by atoms with Gasteiger partial charge < -0.3 is 5.32 Å². The van der Waals surface area contributed by atoms with Gasteiger partial charge in [-0.1, -0.05) is 56.5 Å². The molecule has 1 saturated carbocycles. The van der Waals surface area contributed by atoms with Gasteiger partial charge in [0.15, 0.2) is 0 Å². The molecule has 0 aromatic heterocycles. The van der Waals surface area contributed by atoms with Crippen LogP contribution in [0.15, 0.2) is 30.3 Å². The molecule has 0 bridgehead atoms. The van der Waals surface area contributed by atoms with Crippen LogP contribution in [0.2, 0.25) is 0 Å². The van der Waals surface area contributed by atoms with E-state index in [-0.39, 0.29) is 0 Å². The second-order valence-corrected chi connectivity index (χ2v) is 5.78. The molecule has 1 fully saturated rings. The molecule has 2 rings (SSSR count). The van der Waals surface area contributed by atoms with Crippen LogP contribution < -0.4 is 5.32 Å². The van der Waals surface area contributed by atoms with Crippen molar-refractivity contribution < 1.29 is 0 Å². The molecule has 1 aliphatic carbocycles. The van der Waals surface area contributed by atoms with Crippen LogP contribution in [-0.4, -0.2) is 13.1 Å². The Kier molecular flexibility index (Phi) is 4.61. The Morgan fingerprint density at radius 2 is 1.76 bits per heavy atom. The van der Waals surface area contributed by atoms with Crippen LogP contribution >= 0.6 is 0 Å². The van der Waals surface area contributed by atoms with E-state index < -0.39 is 0 Å². The first-order valence-corrected chi connectivity index (χ1v) is 7.03. The first-order chi connectivity index (χ1) is 8.29. The summed E-state index contributed by atoms with van der Waals surface area (Å²) in [6.45, 7) is 4.75. The fourth-order valence-corrected chi connectivity index (χ4v) is 2.85. The molecule has 0 atom stereocenters. The van der Waals surface area contributed by atoms with Crippen molar-refractivity contribution in [3.05, 3.63) is 35.9 Å². The minimum atomic E-state index is 0.564. The number of rotatable bonds is 5. The third-order valence-corrected chi connectivity index (χ3v) is 4.05. The second-order valence-electron chi connectivity index (χ2n) is 5.78. The largest absolute Gasteiger partial charge is 0.316 e. The highest BCUT2D eigenvalue weighted by molar-refractivity contribution is 5.14. The molecule has 0 saturated heterocycles. The molecule has 0 spiro atoms. The summed E-state index contributed by atoms with van der Waals surface area (Å²) in [5.41, 5.74) is 2.00. The lowest BCUT2D eigenvalue weighted by Crippen LogP contribution is -2.34. The van der Waals surface area contributed by atoms with Gasteiger partial charge in [-0.15, -0.1) is 0 Å². The maximum atomic E-state index is 3.64. The third kappa shape index (κ3) is 4.16. The van der Waals surface area contributed by atoms with Gasteiger partial charge in [0.25, 0.3) is 0 Å². The minimum absolute atomic E-state index is 0.564. The normalized spacial score (nSPS) is 19.1. The summed E-state index contributed by atoms with van der Waals surface area (Å²) < 4.78 is 0. The van der Waals surface area contributed by atoms with Crippen LogP contribution in [0, 0.1) is 5.41 Å². The lowest BCUT2D eigenvalue weighted by molar-refractivity contribution is 0.208. The molecule has 1 nitrogen and oxygen atoms in total. The summed E-state index contributed by atoms with van der Waals surface area (Å²) in [6.07, 6.45) is 8.26. The number of nitrogens with one attached hydrogen (secondary N) is 1. The van der Waals surface area contributed by atoms with Crippen LogP contribution in [0.3, 0.4) is 0 Å². The van der Waals surface area contributed by atoms with E-state index in [1.807, 2.05) is 0 Å². The number of hydrogen-bond acceptors (Lipinski definition) is 1. The van der Waals surface area contributed by atoms with Crippen LogP contribution in [0.4, 0.5) is 0 Å². The Morgan fingerprint density at radius 1 is 1.06 bits per heavy atom. The molecule has 0 heterocycles. The lowest BCUT2D eigenvalue weighted by Gasteiger charge is -2.33. The van der Waals surface area contributed by atoms with Gasteiger partial charge in [-0.25, -0.2) is 0 Å². The van der Waals surface area contributed by atoms with Crippen molar-refractivity contribution in [1.82, 2.24) is 5.32 Å². The van der Waals surface area contributed by atoms with Gasteiger partial charge in [-0.05, 0) is 36.8 Å². The first kappa shape index (κ1) is 12.6. The molecular weight excluding hydrogens is 206 g/mol. The maximum absolute atomic E-state index is 3.64. The van der Waals surface area contributed by atoms with Crippen molar-refractivity contribution in [1.29, 1.82) is 0 Å². The van der Waals surface area contributed by atoms with Crippen molar-refractivity contribution in [3.8, 4) is 0 Å². The van der Waals surface area contributed by atoms with Crippen LogP contribution in [-0.2, 0) is 6.42 Å². The first-order valence-electron chi connectivity index (χ1n) is 7.03. The minimum Gasteiger partial charge on any atom is -0.316 e. The van der Waals surface area contributed by atoms with E-state index in [2.05, 4.69) is 42.6 Å². The highest BCUT2D eigenvalue weighted by Gasteiger charge is 2.25. The van der Waals surface area contributed by atoms with Gasteiger partial charge >= 0.3 is 0 Å². The Labute approximate surface area is 106 Å². The highest BCUT2D eigenvalue weighted by Crippen LogP contribution is 2.34. The molecule has 1 aromatic rings. The predicted octanol–water partition coefficient (Wildman–Crippen LogP) is 3.79. The Hall–Kier alpha value is -0.820. The van der Waals surface area contributed by atoms with Crippen molar-refractivity contribution in [2.24, 2.45) is 5.41 Å². The van der Waals surface area contributed by atoms with Gasteiger partial charge in [0.1, 0.15) is 0 Å². The van der Waals surface area contributed by atoms with Crippen molar-refractivity contribution >= 4 is 0 Å². The third-order valence-electron chi connectivity index (χ3n) is 4.05.